The molecular formula is C29H28N2O3. The molecule has 172 valence electrons. The molecule has 5 heteroatoms. The van der Waals surface area contributed by atoms with Crippen molar-refractivity contribution in [2.24, 2.45) is 17.8 Å². The molecule has 2 bridgehead atoms. The van der Waals surface area contributed by atoms with E-state index in [9.17, 15) is 9.59 Å². The molecule has 0 spiro atoms. The number of esters is 1. The normalized spacial score (nSPS) is 26.2. The van der Waals surface area contributed by atoms with Gasteiger partial charge in [-0.15, -0.1) is 0 Å². The molecule has 2 saturated carbocycles. The van der Waals surface area contributed by atoms with Crippen molar-refractivity contribution in [2.45, 2.75) is 31.2 Å². The van der Waals surface area contributed by atoms with Gasteiger partial charge in [-0.1, -0.05) is 30.3 Å². The maximum atomic E-state index is 13.1. The summed E-state index contributed by atoms with van der Waals surface area (Å²) in [5.74, 6) is 1.97. The second-order valence-electron chi connectivity index (χ2n) is 9.79. The van der Waals surface area contributed by atoms with Gasteiger partial charge in [0.05, 0.1) is 18.7 Å². The predicted octanol–water partition coefficient (Wildman–Crippen LogP) is 6.02. The van der Waals surface area contributed by atoms with E-state index in [2.05, 4.69) is 53.1 Å². The molecule has 1 amide bonds. The topological polar surface area (TPSA) is 67.4 Å². The molecule has 34 heavy (non-hydrogen) atoms. The van der Waals surface area contributed by atoms with Crippen molar-refractivity contribution in [3.63, 3.8) is 0 Å². The molecule has 2 fully saturated rings. The number of amides is 1. The minimum Gasteiger partial charge on any atom is -0.465 e. The number of ether oxygens (including phenoxy) is 1. The second kappa shape index (κ2) is 8.32. The summed E-state index contributed by atoms with van der Waals surface area (Å²) in [5.41, 5.74) is 5.57. The standard InChI is InChI=1S/C29H28N2O3/c1-34-29(33)18-9-12-22(13-10-18)30-28(32)21-11-14-24-23(16-21)25-19-7-8-20(15-19)26(25)27(31-24)17-5-3-2-4-6-17/h2-6,9-14,16,19-20,25-27,31H,7-8,15H2,1H3,(H,30,32)/t19-,20-,25-,26-,27-/m0/s1. The Bertz CT molecular complexity index is 1240. The van der Waals surface area contributed by atoms with Crippen LogP contribution >= 0.6 is 0 Å². The lowest BCUT2D eigenvalue weighted by molar-refractivity contribution is 0.0600. The monoisotopic (exact) mass is 452 g/mol. The van der Waals surface area contributed by atoms with Gasteiger partial charge in [0.2, 0.25) is 0 Å². The second-order valence-corrected chi connectivity index (χ2v) is 9.79. The average Bonchev–Trinajstić information content (AvgIpc) is 3.51. The lowest BCUT2D eigenvalue weighted by Crippen LogP contribution is -2.35. The summed E-state index contributed by atoms with van der Waals surface area (Å²) in [6.45, 7) is 0. The summed E-state index contributed by atoms with van der Waals surface area (Å²) in [4.78, 5) is 24.7. The Morgan fingerprint density at radius 3 is 2.41 bits per heavy atom. The molecule has 2 aliphatic carbocycles. The summed E-state index contributed by atoms with van der Waals surface area (Å²) in [6.07, 6.45) is 3.90. The number of fused-ring (bicyclic) bond motifs is 7. The van der Waals surface area contributed by atoms with E-state index in [1.807, 2.05) is 6.07 Å². The van der Waals surface area contributed by atoms with Gasteiger partial charge in [-0.25, -0.2) is 4.79 Å². The Labute approximate surface area is 199 Å². The van der Waals surface area contributed by atoms with E-state index in [0.717, 1.165) is 11.6 Å². The molecule has 0 aromatic heterocycles. The van der Waals surface area contributed by atoms with Crippen molar-refractivity contribution in [1.82, 2.24) is 0 Å². The van der Waals surface area contributed by atoms with E-state index >= 15 is 0 Å². The third-order valence-corrected chi connectivity index (χ3v) is 8.07. The zero-order valence-corrected chi connectivity index (χ0v) is 19.2. The summed E-state index contributed by atoms with van der Waals surface area (Å²) in [7, 11) is 1.35. The fourth-order valence-corrected chi connectivity index (χ4v) is 6.63. The summed E-state index contributed by atoms with van der Waals surface area (Å²) in [5, 5.41) is 6.80. The molecule has 2 N–H and O–H groups in total. The lowest BCUT2D eigenvalue weighted by Gasteiger charge is -2.43. The Morgan fingerprint density at radius 2 is 1.65 bits per heavy atom. The van der Waals surface area contributed by atoms with Crippen molar-refractivity contribution in [1.29, 1.82) is 0 Å². The van der Waals surface area contributed by atoms with Crippen LogP contribution in [0.1, 0.15) is 63.1 Å². The predicted molar refractivity (Wildman–Crippen MR) is 132 cm³/mol. The van der Waals surface area contributed by atoms with Gasteiger partial charge in [0.25, 0.3) is 5.91 Å². The van der Waals surface area contributed by atoms with Gasteiger partial charge in [0, 0.05) is 16.9 Å². The number of hydrogen-bond acceptors (Lipinski definition) is 4. The van der Waals surface area contributed by atoms with Crippen LogP contribution in [-0.4, -0.2) is 19.0 Å². The van der Waals surface area contributed by atoms with Crippen LogP contribution in [0.5, 0.6) is 0 Å². The van der Waals surface area contributed by atoms with Gasteiger partial charge in [0.1, 0.15) is 0 Å². The number of hydrogen-bond donors (Lipinski definition) is 2. The van der Waals surface area contributed by atoms with Crippen LogP contribution in [0.15, 0.2) is 72.8 Å². The molecule has 0 radical (unpaired) electrons. The molecule has 3 aromatic carbocycles. The maximum Gasteiger partial charge on any atom is 0.337 e. The fraction of sp³-hybridized carbons (Fsp3) is 0.310. The van der Waals surface area contributed by atoms with Crippen LogP contribution in [0, 0.1) is 17.8 Å². The Morgan fingerprint density at radius 1 is 0.912 bits per heavy atom. The molecular weight excluding hydrogens is 424 g/mol. The van der Waals surface area contributed by atoms with Crippen LogP contribution in [-0.2, 0) is 4.74 Å². The smallest absolute Gasteiger partial charge is 0.337 e. The van der Waals surface area contributed by atoms with Crippen LogP contribution < -0.4 is 10.6 Å². The van der Waals surface area contributed by atoms with E-state index in [4.69, 9.17) is 4.74 Å². The van der Waals surface area contributed by atoms with Crippen LogP contribution in [0.4, 0.5) is 11.4 Å². The molecule has 1 aliphatic heterocycles. The minimum atomic E-state index is -0.394. The highest BCUT2D eigenvalue weighted by molar-refractivity contribution is 6.05. The van der Waals surface area contributed by atoms with Gasteiger partial charge in [0.15, 0.2) is 0 Å². The SMILES string of the molecule is COC(=O)c1ccc(NC(=O)c2ccc3c(c2)[C@@H]2[C@H]4CC[C@@H](C4)[C@@H]2[C@H](c2ccccc2)N3)cc1. The van der Waals surface area contributed by atoms with Crippen molar-refractivity contribution in [3.05, 3.63) is 95.1 Å². The van der Waals surface area contributed by atoms with Crippen LogP contribution in [0.3, 0.4) is 0 Å². The number of nitrogens with one attached hydrogen (secondary N) is 2. The molecule has 5 atom stereocenters. The number of benzene rings is 3. The minimum absolute atomic E-state index is 0.140. The highest BCUT2D eigenvalue weighted by atomic mass is 16.5. The van der Waals surface area contributed by atoms with E-state index in [-0.39, 0.29) is 5.91 Å². The van der Waals surface area contributed by atoms with E-state index < -0.39 is 5.97 Å². The third-order valence-electron chi connectivity index (χ3n) is 8.07. The van der Waals surface area contributed by atoms with Crippen LogP contribution in [0.25, 0.3) is 0 Å². The van der Waals surface area contributed by atoms with Crippen molar-refractivity contribution >= 4 is 23.3 Å². The number of carbonyl (C=O) groups excluding carboxylic acids is 2. The fourth-order valence-electron chi connectivity index (χ4n) is 6.63. The quantitative estimate of drug-likeness (QED) is 0.475. The molecule has 3 aliphatic rings. The Balaban J connectivity index is 1.28. The van der Waals surface area contributed by atoms with Crippen LogP contribution in [0.2, 0.25) is 0 Å². The summed E-state index contributed by atoms with van der Waals surface area (Å²) < 4.78 is 4.74. The highest BCUT2D eigenvalue weighted by Crippen LogP contribution is 2.63. The van der Waals surface area contributed by atoms with E-state index in [0.29, 0.717) is 40.6 Å². The summed E-state index contributed by atoms with van der Waals surface area (Å²) in [6, 6.07) is 23.9. The number of anilines is 2. The van der Waals surface area contributed by atoms with Crippen molar-refractivity contribution in [2.75, 3.05) is 17.7 Å². The molecule has 3 aromatic rings. The molecule has 5 nitrogen and oxygen atoms in total. The first kappa shape index (κ1) is 21.0. The number of methoxy groups -OCH3 is 1. The van der Waals surface area contributed by atoms with Gasteiger partial charge in [-0.2, -0.15) is 0 Å². The van der Waals surface area contributed by atoms with E-state index in [1.54, 1.807) is 24.3 Å². The van der Waals surface area contributed by atoms with Gasteiger partial charge in [-0.05, 0) is 96.5 Å². The first-order valence-corrected chi connectivity index (χ1v) is 12.1. The van der Waals surface area contributed by atoms with Gasteiger partial charge < -0.3 is 15.4 Å². The number of rotatable bonds is 4. The summed E-state index contributed by atoms with van der Waals surface area (Å²) >= 11 is 0. The Hall–Kier alpha value is -3.60. The molecule has 1 heterocycles. The van der Waals surface area contributed by atoms with Crippen molar-refractivity contribution in [3.8, 4) is 0 Å². The molecule has 0 unspecified atom stereocenters. The lowest BCUT2D eigenvalue weighted by atomic mass is 9.68. The zero-order chi connectivity index (χ0) is 23.2. The third kappa shape index (κ3) is 3.47. The largest absolute Gasteiger partial charge is 0.465 e. The van der Waals surface area contributed by atoms with Gasteiger partial charge >= 0.3 is 5.97 Å². The highest BCUT2D eigenvalue weighted by Gasteiger charge is 2.53. The zero-order valence-electron chi connectivity index (χ0n) is 19.2. The maximum absolute atomic E-state index is 13.1. The van der Waals surface area contributed by atoms with E-state index in [1.165, 1.54) is 37.5 Å². The van der Waals surface area contributed by atoms with Crippen molar-refractivity contribution < 1.29 is 14.3 Å². The first-order valence-electron chi connectivity index (χ1n) is 12.1. The number of carbonyl (C=O) groups is 2. The molecule has 0 saturated heterocycles. The Kier molecular flexibility index (Phi) is 5.13. The molecule has 6 rings (SSSR count). The first-order chi connectivity index (χ1) is 16.6. The van der Waals surface area contributed by atoms with Gasteiger partial charge in [-0.3, -0.25) is 4.79 Å². The average molecular weight is 453 g/mol.